The lowest BCUT2D eigenvalue weighted by Crippen LogP contribution is -2.34. The van der Waals surface area contributed by atoms with Crippen LogP contribution < -0.4 is 0 Å². The van der Waals surface area contributed by atoms with Crippen LogP contribution in [0.4, 0.5) is 13.2 Å². The fraction of sp³-hybridized carbons (Fsp3) is 0.364. The first-order chi connectivity index (χ1) is 14.8. The number of nitrogens with zero attached hydrogens (tertiary/aromatic N) is 3. The minimum atomic E-state index is -4.43. The summed E-state index contributed by atoms with van der Waals surface area (Å²) in [6, 6.07) is 7.96. The Bertz CT molecular complexity index is 1060. The highest BCUT2D eigenvalue weighted by molar-refractivity contribution is 7.09. The van der Waals surface area contributed by atoms with Crippen molar-refractivity contribution in [3.8, 4) is 11.3 Å². The summed E-state index contributed by atoms with van der Waals surface area (Å²) in [5.41, 5.74) is 0.575. The second-order valence-corrected chi connectivity index (χ2v) is 8.58. The molecule has 0 spiro atoms. The number of rotatable bonds is 4. The number of benzene rings is 1. The number of halogens is 3. The Kier molecular flexibility index (Phi) is 6.15. The molecule has 1 aliphatic rings. The van der Waals surface area contributed by atoms with E-state index in [0.29, 0.717) is 13.1 Å². The maximum Gasteiger partial charge on any atom is 0.416 e. The molecule has 1 saturated heterocycles. The number of aryl methyl sites for hydroxylation is 1. The second kappa shape index (κ2) is 8.84. The summed E-state index contributed by atoms with van der Waals surface area (Å²) in [5.74, 6) is 0.130. The molecule has 3 aromatic rings. The molecule has 4 rings (SSSR count). The number of aromatic nitrogens is 1. The van der Waals surface area contributed by atoms with Gasteiger partial charge in [-0.15, -0.1) is 11.3 Å². The summed E-state index contributed by atoms with van der Waals surface area (Å²) in [4.78, 5) is 21.4. The number of hydrogen-bond donors (Lipinski definition) is 0. The Morgan fingerprint density at radius 3 is 2.74 bits per heavy atom. The van der Waals surface area contributed by atoms with Crippen LogP contribution in [-0.2, 0) is 12.7 Å². The topological polar surface area (TPSA) is 49.6 Å². The molecule has 1 aliphatic heterocycles. The van der Waals surface area contributed by atoms with Crippen LogP contribution in [0, 0.1) is 6.92 Å². The molecular formula is C22H22F3N3O2S. The molecule has 164 valence electrons. The maximum atomic E-state index is 13.0. The van der Waals surface area contributed by atoms with Crippen LogP contribution >= 0.6 is 11.3 Å². The SMILES string of the molecule is Cc1nc(CN2CCCN(C(=O)c3ccc(-c4cccc(C(F)(F)F)c4)o3)CC2)cs1. The quantitative estimate of drug-likeness (QED) is 0.558. The molecule has 0 unspecified atom stereocenters. The minimum absolute atomic E-state index is 0.135. The molecular weight excluding hydrogens is 427 g/mol. The van der Waals surface area contributed by atoms with Crippen molar-refractivity contribution in [3.05, 3.63) is 63.8 Å². The van der Waals surface area contributed by atoms with E-state index in [-0.39, 0.29) is 23.0 Å². The molecule has 1 fully saturated rings. The number of alkyl halides is 3. The van der Waals surface area contributed by atoms with Crippen molar-refractivity contribution >= 4 is 17.2 Å². The summed E-state index contributed by atoms with van der Waals surface area (Å²) in [6.45, 7) is 5.49. The average Bonchev–Trinajstić information content (AvgIpc) is 3.32. The Balaban J connectivity index is 1.42. The summed E-state index contributed by atoms with van der Waals surface area (Å²) in [5, 5.41) is 3.09. The van der Waals surface area contributed by atoms with E-state index in [1.807, 2.05) is 6.92 Å². The van der Waals surface area contributed by atoms with Gasteiger partial charge >= 0.3 is 6.18 Å². The van der Waals surface area contributed by atoms with E-state index in [0.717, 1.165) is 48.9 Å². The van der Waals surface area contributed by atoms with Crippen molar-refractivity contribution in [2.75, 3.05) is 26.2 Å². The van der Waals surface area contributed by atoms with Gasteiger partial charge in [-0.3, -0.25) is 9.69 Å². The van der Waals surface area contributed by atoms with Crippen molar-refractivity contribution in [2.24, 2.45) is 0 Å². The van der Waals surface area contributed by atoms with Crippen LogP contribution in [0.25, 0.3) is 11.3 Å². The van der Waals surface area contributed by atoms with Crippen LogP contribution in [0.3, 0.4) is 0 Å². The van der Waals surface area contributed by atoms with Crippen LogP contribution in [0.5, 0.6) is 0 Å². The Hall–Kier alpha value is -2.65. The summed E-state index contributed by atoms with van der Waals surface area (Å²) in [7, 11) is 0. The fourth-order valence-corrected chi connectivity index (χ4v) is 4.26. The molecule has 31 heavy (non-hydrogen) atoms. The first kappa shape index (κ1) is 21.6. The molecule has 0 N–H and O–H groups in total. The zero-order chi connectivity index (χ0) is 22.0. The van der Waals surface area contributed by atoms with Crippen molar-refractivity contribution in [1.82, 2.24) is 14.8 Å². The first-order valence-electron chi connectivity index (χ1n) is 10.00. The lowest BCUT2D eigenvalue weighted by Gasteiger charge is -2.20. The zero-order valence-electron chi connectivity index (χ0n) is 17.0. The largest absolute Gasteiger partial charge is 0.451 e. The Labute approximate surface area is 182 Å². The number of carbonyl (C=O) groups excluding carboxylic acids is 1. The second-order valence-electron chi connectivity index (χ2n) is 7.52. The van der Waals surface area contributed by atoms with Gasteiger partial charge in [-0.2, -0.15) is 13.2 Å². The first-order valence-corrected chi connectivity index (χ1v) is 10.9. The van der Waals surface area contributed by atoms with Crippen molar-refractivity contribution in [2.45, 2.75) is 26.1 Å². The zero-order valence-corrected chi connectivity index (χ0v) is 17.8. The van der Waals surface area contributed by atoms with E-state index in [2.05, 4.69) is 15.3 Å². The molecule has 0 radical (unpaired) electrons. The monoisotopic (exact) mass is 449 g/mol. The molecule has 1 amide bonds. The Morgan fingerprint density at radius 2 is 2.00 bits per heavy atom. The van der Waals surface area contributed by atoms with Gasteiger partial charge in [-0.1, -0.05) is 12.1 Å². The lowest BCUT2D eigenvalue weighted by molar-refractivity contribution is -0.137. The number of furan rings is 1. The van der Waals surface area contributed by atoms with Crippen molar-refractivity contribution in [3.63, 3.8) is 0 Å². The van der Waals surface area contributed by atoms with Crippen LogP contribution in [0.2, 0.25) is 0 Å². The molecule has 9 heteroatoms. The van der Waals surface area contributed by atoms with E-state index < -0.39 is 11.7 Å². The van der Waals surface area contributed by atoms with Gasteiger partial charge in [0.15, 0.2) is 5.76 Å². The minimum Gasteiger partial charge on any atom is -0.451 e. The van der Waals surface area contributed by atoms with Crippen LogP contribution in [0.15, 0.2) is 46.2 Å². The van der Waals surface area contributed by atoms with E-state index in [1.165, 1.54) is 24.3 Å². The molecule has 0 saturated carbocycles. The summed E-state index contributed by atoms with van der Waals surface area (Å²) < 4.78 is 44.5. The van der Waals surface area contributed by atoms with E-state index in [9.17, 15) is 18.0 Å². The van der Waals surface area contributed by atoms with E-state index in [4.69, 9.17) is 4.42 Å². The van der Waals surface area contributed by atoms with Gasteiger partial charge < -0.3 is 9.32 Å². The highest BCUT2D eigenvalue weighted by Crippen LogP contribution is 2.32. The standard InChI is InChI=1S/C22H22F3N3O2S/c1-15-26-18(14-31-15)13-27-8-3-9-28(11-10-27)21(29)20-7-6-19(30-20)16-4-2-5-17(12-16)22(23,24)25/h2,4-7,12,14H,3,8-11,13H2,1H3. The summed E-state index contributed by atoms with van der Waals surface area (Å²) in [6.07, 6.45) is -3.60. The molecule has 1 aromatic carbocycles. The molecule has 3 heterocycles. The maximum absolute atomic E-state index is 13.0. The lowest BCUT2D eigenvalue weighted by atomic mass is 10.1. The predicted octanol–water partition coefficient (Wildman–Crippen LogP) is 5.08. The van der Waals surface area contributed by atoms with Crippen LogP contribution in [0.1, 0.15) is 33.2 Å². The van der Waals surface area contributed by atoms with Gasteiger partial charge in [-0.25, -0.2) is 4.98 Å². The highest BCUT2D eigenvalue weighted by atomic mass is 32.1. The van der Waals surface area contributed by atoms with E-state index in [1.54, 1.807) is 16.2 Å². The van der Waals surface area contributed by atoms with Gasteiger partial charge in [-0.05, 0) is 37.6 Å². The predicted molar refractivity (Wildman–Crippen MR) is 112 cm³/mol. The highest BCUT2D eigenvalue weighted by Gasteiger charge is 2.31. The Morgan fingerprint density at radius 1 is 1.16 bits per heavy atom. The van der Waals surface area contributed by atoms with Crippen molar-refractivity contribution < 1.29 is 22.4 Å². The molecule has 2 aromatic heterocycles. The number of thiazole rings is 1. The molecule has 0 aliphatic carbocycles. The van der Waals surface area contributed by atoms with Crippen LogP contribution in [-0.4, -0.2) is 46.9 Å². The summed E-state index contributed by atoms with van der Waals surface area (Å²) >= 11 is 1.63. The third kappa shape index (κ3) is 5.16. The van der Waals surface area contributed by atoms with Gasteiger partial charge in [0.25, 0.3) is 5.91 Å². The van der Waals surface area contributed by atoms with Gasteiger partial charge in [0.2, 0.25) is 0 Å². The normalized spacial score (nSPS) is 15.8. The fourth-order valence-electron chi connectivity index (χ4n) is 3.65. The van der Waals surface area contributed by atoms with E-state index >= 15 is 0 Å². The number of amides is 1. The third-order valence-corrected chi connectivity index (χ3v) is 6.04. The van der Waals surface area contributed by atoms with Crippen molar-refractivity contribution in [1.29, 1.82) is 0 Å². The smallest absolute Gasteiger partial charge is 0.416 e. The molecule has 0 bridgehead atoms. The van der Waals surface area contributed by atoms with Gasteiger partial charge in [0.05, 0.1) is 16.3 Å². The number of carbonyl (C=O) groups is 1. The molecule has 0 atom stereocenters. The molecule has 5 nitrogen and oxygen atoms in total. The van der Waals surface area contributed by atoms with Gasteiger partial charge in [0.1, 0.15) is 5.76 Å². The number of hydrogen-bond acceptors (Lipinski definition) is 5. The average molecular weight is 449 g/mol. The van der Waals surface area contributed by atoms with Gasteiger partial charge in [0, 0.05) is 43.7 Å². The third-order valence-electron chi connectivity index (χ3n) is 5.22.